The smallest absolute Gasteiger partial charge is 0.352 e. The molecule has 0 bridgehead atoms. The van der Waals surface area contributed by atoms with Crippen molar-refractivity contribution in [3.8, 4) is 6.07 Å². The summed E-state index contributed by atoms with van der Waals surface area (Å²) in [7, 11) is -4.70. The molecular formula is C18H12Cl4F3N5O3S. The van der Waals surface area contributed by atoms with Crippen LogP contribution in [0.4, 0.5) is 23.8 Å². The van der Waals surface area contributed by atoms with Gasteiger partial charge in [0.15, 0.2) is 11.0 Å². The standard InChI is InChI=1S/C18H12Cl4F3N5O3S/c19-11-2-1-9(18(23,24)25)7-12(11)34(32,33)28-17(31)30-5-3-29(4-6-30)16-14(21)13(20)10(8-26)15(22)27-16/h1-2,7H,3-6H2,(H,28,31). The van der Waals surface area contributed by atoms with Crippen LogP contribution in [0.5, 0.6) is 0 Å². The molecule has 1 N–H and O–H groups in total. The van der Waals surface area contributed by atoms with E-state index >= 15 is 0 Å². The lowest BCUT2D eigenvalue weighted by Gasteiger charge is -2.35. The Bertz CT molecular complexity index is 1290. The van der Waals surface area contributed by atoms with Gasteiger partial charge in [0.1, 0.15) is 21.6 Å². The average Bonchev–Trinajstić information content (AvgIpc) is 2.76. The van der Waals surface area contributed by atoms with Gasteiger partial charge in [0.25, 0.3) is 10.0 Å². The van der Waals surface area contributed by atoms with Crippen LogP contribution in [-0.4, -0.2) is 50.5 Å². The van der Waals surface area contributed by atoms with Crippen LogP contribution in [-0.2, 0) is 16.2 Å². The minimum absolute atomic E-state index is 0.00489. The van der Waals surface area contributed by atoms with Gasteiger partial charge in [-0.2, -0.15) is 18.4 Å². The number of nitriles is 1. The second-order valence-electron chi connectivity index (χ2n) is 6.87. The summed E-state index contributed by atoms with van der Waals surface area (Å²) in [6.45, 7) is 0.294. The third-order valence-electron chi connectivity index (χ3n) is 4.77. The maximum Gasteiger partial charge on any atom is 0.416 e. The number of hydrogen-bond donors (Lipinski definition) is 1. The summed E-state index contributed by atoms with van der Waals surface area (Å²) in [5.74, 6) is 0.180. The number of nitrogens with one attached hydrogen (secondary N) is 1. The van der Waals surface area contributed by atoms with E-state index in [0.717, 1.165) is 11.0 Å². The highest BCUT2D eigenvalue weighted by molar-refractivity contribution is 7.90. The monoisotopic (exact) mass is 575 g/mol. The molecule has 0 spiro atoms. The zero-order valence-corrected chi connectivity index (χ0v) is 20.5. The summed E-state index contributed by atoms with van der Waals surface area (Å²) in [5, 5.41) is 8.35. The molecule has 1 saturated heterocycles. The van der Waals surface area contributed by atoms with Gasteiger partial charge in [0.2, 0.25) is 0 Å². The van der Waals surface area contributed by atoms with Crippen LogP contribution in [0.15, 0.2) is 23.1 Å². The second kappa shape index (κ2) is 9.83. The Morgan fingerprint density at radius 1 is 1.09 bits per heavy atom. The van der Waals surface area contributed by atoms with Gasteiger partial charge in [-0.15, -0.1) is 0 Å². The Morgan fingerprint density at radius 3 is 2.26 bits per heavy atom. The van der Waals surface area contributed by atoms with Gasteiger partial charge in [0, 0.05) is 26.2 Å². The third-order valence-corrected chi connectivity index (χ3v) is 7.67. The van der Waals surface area contributed by atoms with Gasteiger partial charge in [-0.25, -0.2) is 22.9 Å². The first-order valence-corrected chi connectivity index (χ1v) is 12.1. The molecule has 1 aromatic carbocycles. The minimum Gasteiger partial charge on any atom is -0.352 e. The number of amides is 2. The summed E-state index contributed by atoms with van der Waals surface area (Å²) in [6.07, 6.45) is -4.80. The lowest BCUT2D eigenvalue weighted by molar-refractivity contribution is -0.137. The van der Waals surface area contributed by atoms with Crippen LogP contribution < -0.4 is 9.62 Å². The maximum absolute atomic E-state index is 13.0. The number of hydrogen-bond acceptors (Lipinski definition) is 6. The molecule has 0 aliphatic carbocycles. The van der Waals surface area contributed by atoms with Crippen LogP contribution in [0, 0.1) is 11.3 Å². The Morgan fingerprint density at radius 2 is 1.71 bits per heavy atom. The third kappa shape index (κ3) is 5.39. The van der Waals surface area contributed by atoms with Crippen LogP contribution in [0.1, 0.15) is 11.1 Å². The van der Waals surface area contributed by atoms with Crippen molar-refractivity contribution in [2.75, 3.05) is 31.1 Å². The first-order chi connectivity index (χ1) is 15.8. The lowest BCUT2D eigenvalue weighted by atomic mass is 10.2. The number of carbonyl (C=O) groups is 1. The number of sulfonamides is 1. The minimum atomic E-state index is -4.80. The summed E-state index contributed by atoms with van der Waals surface area (Å²) >= 11 is 24.0. The quantitative estimate of drug-likeness (QED) is 0.526. The normalized spacial score (nSPS) is 14.6. The number of aromatic nitrogens is 1. The number of urea groups is 1. The Labute approximate surface area is 211 Å². The number of benzene rings is 1. The number of alkyl halides is 3. The van der Waals surface area contributed by atoms with Crippen molar-refractivity contribution >= 4 is 68.3 Å². The van der Waals surface area contributed by atoms with E-state index in [-0.39, 0.29) is 52.8 Å². The van der Waals surface area contributed by atoms with E-state index < -0.39 is 37.7 Å². The van der Waals surface area contributed by atoms with E-state index in [0.29, 0.717) is 12.1 Å². The van der Waals surface area contributed by atoms with Crippen LogP contribution >= 0.6 is 46.4 Å². The molecular weight excluding hydrogens is 565 g/mol. The summed E-state index contributed by atoms with van der Waals surface area (Å²) < 4.78 is 65.7. The Kier molecular flexibility index (Phi) is 7.64. The average molecular weight is 577 g/mol. The van der Waals surface area contributed by atoms with E-state index in [1.165, 1.54) is 0 Å². The van der Waals surface area contributed by atoms with E-state index in [1.54, 1.807) is 15.7 Å². The molecule has 3 rings (SSSR count). The largest absolute Gasteiger partial charge is 0.416 e. The molecule has 1 aliphatic heterocycles. The van der Waals surface area contributed by atoms with Crippen LogP contribution in [0.2, 0.25) is 20.2 Å². The molecule has 34 heavy (non-hydrogen) atoms. The molecule has 1 fully saturated rings. The Hall–Kier alpha value is -2.17. The zero-order valence-electron chi connectivity index (χ0n) is 16.6. The molecule has 2 aromatic rings. The fraction of sp³-hybridized carbons (Fsp3) is 0.278. The molecule has 16 heteroatoms. The SMILES string of the molecule is N#Cc1c(Cl)nc(N2CCN(C(=O)NS(=O)(=O)c3cc(C(F)(F)F)ccc3Cl)CC2)c(Cl)c1Cl. The molecule has 8 nitrogen and oxygen atoms in total. The zero-order chi connectivity index (χ0) is 25.4. The number of piperazine rings is 1. The molecule has 2 heterocycles. The number of anilines is 1. The molecule has 1 aromatic heterocycles. The number of rotatable bonds is 3. The predicted octanol–water partition coefficient (Wildman–Crippen LogP) is 4.81. The van der Waals surface area contributed by atoms with E-state index in [1.807, 2.05) is 0 Å². The fourth-order valence-corrected chi connectivity index (χ4v) is 5.28. The van der Waals surface area contributed by atoms with E-state index in [2.05, 4.69) is 4.98 Å². The van der Waals surface area contributed by atoms with E-state index in [4.69, 9.17) is 51.7 Å². The Balaban J connectivity index is 1.73. The van der Waals surface area contributed by atoms with Crippen molar-refractivity contribution in [1.82, 2.24) is 14.6 Å². The summed E-state index contributed by atoms with van der Waals surface area (Å²) in [5.41, 5.74) is -1.32. The van der Waals surface area contributed by atoms with Crippen molar-refractivity contribution in [3.63, 3.8) is 0 Å². The van der Waals surface area contributed by atoms with Gasteiger partial charge < -0.3 is 9.80 Å². The molecule has 2 amide bonds. The number of carbonyl (C=O) groups excluding carboxylic acids is 1. The number of nitrogens with zero attached hydrogens (tertiary/aromatic N) is 4. The maximum atomic E-state index is 13.0. The summed E-state index contributed by atoms with van der Waals surface area (Å²) in [4.78, 5) is 18.5. The van der Waals surface area contributed by atoms with Gasteiger partial charge in [-0.05, 0) is 18.2 Å². The fourth-order valence-electron chi connectivity index (χ4n) is 3.04. The molecule has 182 valence electrons. The predicted molar refractivity (Wildman–Crippen MR) is 120 cm³/mol. The van der Waals surface area contributed by atoms with E-state index in [9.17, 15) is 26.4 Å². The van der Waals surface area contributed by atoms with Gasteiger partial charge >= 0.3 is 12.2 Å². The number of halogens is 7. The molecule has 1 aliphatic rings. The van der Waals surface area contributed by atoms with Gasteiger partial charge in [-0.3, -0.25) is 0 Å². The van der Waals surface area contributed by atoms with Crippen molar-refractivity contribution in [3.05, 3.63) is 49.5 Å². The van der Waals surface area contributed by atoms with Crippen molar-refractivity contribution < 1.29 is 26.4 Å². The van der Waals surface area contributed by atoms with Crippen molar-refractivity contribution in [1.29, 1.82) is 5.26 Å². The molecule has 0 unspecified atom stereocenters. The second-order valence-corrected chi connectivity index (χ2v) is 10.0. The highest BCUT2D eigenvalue weighted by Gasteiger charge is 2.34. The van der Waals surface area contributed by atoms with Crippen molar-refractivity contribution in [2.45, 2.75) is 11.1 Å². The topological polar surface area (TPSA) is 106 Å². The van der Waals surface area contributed by atoms with Gasteiger partial charge in [0.05, 0.1) is 15.6 Å². The lowest BCUT2D eigenvalue weighted by Crippen LogP contribution is -2.53. The van der Waals surface area contributed by atoms with Crippen LogP contribution in [0.25, 0.3) is 0 Å². The van der Waals surface area contributed by atoms with Gasteiger partial charge in [-0.1, -0.05) is 46.4 Å². The highest BCUT2D eigenvalue weighted by Crippen LogP contribution is 2.37. The van der Waals surface area contributed by atoms with Crippen molar-refractivity contribution in [2.24, 2.45) is 0 Å². The summed E-state index contributed by atoms with van der Waals surface area (Å²) in [6, 6.07) is 2.50. The molecule has 0 saturated carbocycles. The molecule has 0 atom stereocenters. The molecule has 0 radical (unpaired) electrons. The number of pyridine rings is 1. The first-order valence-electron chi connectivity index (χ1n) is 9.14. The highest BCUT2D eigenvalue weighted by atomic mass is 35.5. The van der Waals surface area contributed by atoms with Crippen LogP contribution in [0.3, 0.4) is 0 Å². The first kappa shape index (κ1) is 26.4.